The van der Waals surface area contributed by atoms with Gasteiger partial charge < -0.3 is 4.74 Å². The van der Waals surface area contributed by atoms with Crippen LogP contribution in [0.4, 0.5) is 0 Å². The third-order valence-electron chi connectivity index (χ3n) is 3.15. The highest BCUT2D eigenvalue weighted by molar-refractivity contribution is 6.23. The molecule has 2 unspecified atom stereocenters. The number of alkyl halides is 1. The van der Waals surface area contributed by atoms with E-state index in [1.165, 1.54) is 7.11 Å². The Morgan fingerprint density at radius 3 is 2.89 bits per heavy atom. The highest BCUT2D eigenvalue weighted by atomic mass is 35.5. The molecule has 5 heteroatoms. The van der Waals surface area contributed by atoms with Gasteiger partial charge in [-0.25, -0.2) is 15.2 Å². The number of esters is 1. The van der Waals surface area contributed by atoms with Crippen molar-refractivity contribution in [2.45, 2.75) is 24.4 Å². The summed E-state index contributed by atoms with van der Waals surface area (Å²) < 4.78 is 4.73. The second-order valence-corrected chi connectivity index (χ2v) is 5.59. The number of carbonyl (C=O) groups is 1. The zero-order chi connectivity index (χ0) is 13.3. The van der Waals surface area contributed by atoms with Crippen LogP contribution >= 0.6 is 11.6 Å². The Morgan fingerprint density at radius 1 is 1.61 bits per heavy atom. The number of halogens is 1. The Morgan fingerprint density at radius 2 is 2.33 bits per heavy atom. The van der Waals surface area contributed by atoms with Crippen molar-refractivity contribution in [3.05, 3.63) is 35.4 Å². The van der Waals surface area contributed by atoms with E-state index in [9.17, 15) is 4.79 Å². The van der Waals surface area contributed by atoms with E-state index in [0.29, 0.717) is 5.56 Å². The van der Waals surface area contributed by atoms with Gasteiger partial charge in [0.05, 0.1) is 18.7 Å². The molecular weight excluding hydrogens is 252 g/mol. The molecule has 0 bridgehead atoms. The van der Waals surface area contributed by atoms with Gasteiger partial charge in [-0.3, -0.25) is 0 Å². The lowest BCUT2D eigenvalue weighted by atomic mass is 10.00. The van der Waals surface area contributed by atoms with Crippen LogP contribution in [-0.2, 0) is 4.74 Å². The van der Waals surface area contributed by atoms with Crippen LogP contribution in [0, 0.1) is 0 Å². The van der Waals surface area contributed by atoms with Crippen molar-refractivity contribution < 1.29 is 9.53 Å². The van der Waals surface area contributed by atoms with E-state index < -0.39 is 5.00 Å². The van der Waals surface area contributed by atoms with E-state index >= 15 is 0 Å². The molecule has 1 heterocycles. The number of nitrogens with zero attached hydrogens (tertiary/aromatic N) is 1. The molecule has 0 saturated carbocycles. The Labute approximate surface area is 112 Å². The minimum atomic E-state index is -0.444. The number of hydrogen-bond acceptors (Lipinski definition) is 4. The number of carbonyl (C=O) groups excluding carboxylic acids is 1. The summed E-state index contributed by atoms with van der Waals surface area (Å²) >= 11 is 6.29. The molecule has 1 N–H and O–H groups in total. The largest absolute Gasteiger partial charge is 0.465 e. The first kappa shape index (κ1) is 13.3. The molecule has 0 amide bonds. The highest BCUT2D eigenvalue weighted by Gasteiger charge is 2.37. The van der Waals surface area contributed by atoms with Gasteiger partial charge in [0, 0.05) is 13.5 Å². The average molecular weight is 269 g/mol. The van der Waals surface area contributed by atoms with E-state index in [1.807, 2.05) is 37.2 Å². The van der Waals surface area contributed by atoms with Crippen LogP contribution < -0.4 is 5.43 Å². The van der Waals surface area contributed by atoms with Crippen molar-refractivity contribution >= 4 is 17.6 Å². The summed E-state index contributed by atoms with van der Waals surface area (Å²) in [5.41, 5.74) is 4.80. The van der Waals surface area contributed by atoms with Crippen LogP contribution in [0.3, 0.4) is 0 Å². The molecule has 18 heavy (non-hydrogen) atoms. The van der Waals surface area contributed by atoms with Gasteiger partial charge >= 0.3 is 5.97 Å². The molecule has 0 spiro atoms. The lowest BCUT2D eigenvalue weighted by Gasteiger charge is -2.19. The fraction of sp³-hybridized carbons (Fsp3) is 0.462. The number of benzene rings is 1. The lowest BCUT2D eigenvalue weighted by Crippen LogP contribution is -2.37. The first-order valence-corrected chi connectivity index (χ1v) is 6.18. The topological polar surface area (TPSA) is 41.6 Å². The maximum absolute atomic E-state index is 11.5. The lowest BCUT2D eigenvalue weighted by molar-refractivity contribution is 0.0600. The quantitative estimate of drug-likeness (QED) is 0.508. The first-order valence-electron chi connectivity index (χ1n) is 5.81. The van der Waals surface area contributed by atoms with E-state index in [4.69, 9.17) is 16.3 Å². The first-order chi connectivity index (χ1) is 8.43. The Hall–Kier alpha value is -1.10. The minimum Gasteiger partial charge on any atom is -0.465 e. The molecule has 1 fully saturated rings. The van der Waals surface area contributed by atoms with E-state index in [2.05, 4.69) is 5.43 Å². The molecule has 4 nitrogen and oxygen atoms in total. The normalized spacial score (nSPS) is 28.3. The Bertz CT molecular complexity index is 462. The zero-order valence-electron chi connectivity index (χ0n) is 10.7. The number of nitrogens with one attached hydrogen (secondary N) is 1. The summed E-state index contributed by atoms with van der Waals surface area (Å²) in [6.07, 6.45) is 0.773. The van der Waals surface area contributed by atoms with Crippen LogP contribution in [0.5, 0.6) is 0 Å². The molecule has 0 aromatic heterocycles. The van der Waals surface area contributed by atoms with Gasteiger partial charge in [-0.1, -0.05) is 12.1 Å². The molecule has 0 radical (unpaired) electrons. The number of ether oxygens (including phenoxy) is 1. The van der Waals surface area contributed by atoms with Crippen LogP contribution in [0.2, 0.25) is 0 Å². The smallest absolute Gasteiger partial charge is 0.337 e. The summed E-state index contributed by atoms with van der Waals surface area (Å²) in [6, 6.07) is 7.61. The SMILES string of the molecule is COC(=O)c1cccc(C2CC(C)(Cl)NN2C)c1. The van der Waals surface area contributed by atoms with Gasteiger partial charge in [0.25, 0.3) is 0 Å². The molecule has 1 aromatic rings. The molecule has 1 aromatic carbocycles. The molecule has 1 aliphatic rings. The average Bonchev–Trinajstić information content (AvgIpc) is 2.62. The van der Waals surface area contributed by atoms with Crippen molar-refractivity contribution in [2.75, 3.05) is 14.2 Å². The van der Waals surface area contributed by atoms with Crippen LogP contribution in [0.25, 0.3) is 0 Å². The molecule has 1 aliphatic heterocycles. The third-order valence-corrected chi connectivity index (χ3v) is 3.38. The maximum Gasteiger partial charge on any atom is 0.337 e. The standard InChI is InChI=1S/C13H17ClN2O2/c1-13(14)8-11(16(2)15-13)9-5-4-6-10(7-9)12(17)18-3/h4-7,11,15H,8H2,1-3H3. The summed E-state index contributed by atoms with van der Waals surface area (Å²) in [4.78, 5) is 11.1. The van der Waals surface area contributed by atoms with Gasteiger partial charge in [0.1, 0.15) is 5.00 Å². The maximum atomic E-state index is 11.5. The summed E-state index contributed by atoms with van der Waals surface area (Å²) in [5.74, 6) is -0.320. The number of rotatable bonds is 2. The van der Waals surface area contributed by atoms with Gasteiger partial charge in [0.2, 0.25) is 0 Å². The van der Waals surface area contributed by atoms with Crippen molar-refractivity contribution in [2.24, 2.45) is 0 Å². The zero-order valence-corrected chi connectivity index (χ0v) is 11.5. The Kier molecular flexibility index (Phi) is 3.61. The number of methoxy groups -OCH3 is 1. The second kappa shape index (κ2) is 4.88. The molecule has 2 atom stereocenters. The second-order valence-electron chi connectivity index (χ2n) is 4.76. The molecule has 98 valence electrons. The van der Waals surface area contributed by atoms with Crippen molar-refractivity contribution in [3.63, 3.8) is 0 Å². The highest BCUT2D eigenvalue weighted by Crippen LogP contribution is 2.36. The molecule has 1 saturated heterocycles. The summed E-state index contributed by atoms with van der Waals surface area (Å²) in [7, 11) is 3.33. The van der Waals surface area contributed by atoms with Crippen LogP contribution in [-0.4, -0.2) is 30.1 Å². The molecule has 2 rings (SSSR count). The Balaban J connectivity index is 2.27. The van der Waals surface area contributed by atoms with E-state index in [-0.39, 0.29) is 12.0 Å². The number of hydrazine groups is 1. The van der Waals surface area contributed by atoms with Gasteiger partial charge in [0.15, 0.2) is 0 Å². The monoisotopic (exact) mass is 268 g/mol. The van der Waals surface area contributed by atoms with Gasteiger partial charge in [-0.05, 0) is 24.6 Å². The predicted molar refractivity (Wildman–Crippen MR) is 70.3 cm³/mol. The fourth-order valence-electron chi connectivity index (χ4n) is 2.32. The molecular formula is C13H17ClN2O2. The third kappa shape index (κ3) is 2.66. The van der Waals surface area contributed by atoms with Crippen molar-refractivity contribution in [1.82, 2.24) is 10.4 Å². The van der Waals surface area contributed by atoms with Gasteiger partial charge in [-0.2, -0.15) is 0 Å². The fourth-order valence-corrected chi connectivity index (χ4v) is 2.60. The van der Waals surface area contributed by atoms with E-state index in [0.717, 1.165) is 12.0 Å². The van der Waals surface area contributed by atoms with Crippen molar-refractivity contribution in [1.29, 1.82) is 0 Å². The summed E-state index contributed by atoms with van der Waals surface area (Å²) in [5, 5.41) is 1.98. The van der Waals surface area contributed by atoms with Crippen molar-refractivity contribution in [3.8, 4) is 0 Å². The number of hydrogen-bond donors (Lipinski definition) is 1. The minimum absolute atomic E-state index is 0.150. The van der Waals surface area contributed by atoms with Gasteiger partial charge in [-0.15, -0.1) is 11.6 Å². The summed E-state index contributed by atoms with van der Waals surface area (Å²) in [6.45, 7) is 1.94. The van der Waals surface area contributed by atoms with E-state index in [1.54, 1.807) is 6.07 Å². The van der Waals surface area contributed by atoms with Crippen LogP contribution in [0.1, 0.15) is 35.3 Å². The molecule has 0 aliphatic carbocycles. The predicted octanol–water partition coefficient (Wildman–Crippen LogP) is 2.31. The van der Waals surface area contributed by atoms with Crippen LogP contribution in [0.15, 0.2) is 24.3 Å².